The van der Waals surface area contributed by atoms with Gasteiger partial charge in [0.05, 0.1) is 16.9 Å². The number of nitrogens with zero attached hydrogens (tertiary/aromatic N) is 1. The molecule has 0 aliphatic rings. The highest BCUT2D eigenvalue weighted by Gasteiger charge is 2.08. The molecule has 1 aromatic heterocycles. The molecule has 18 heavy (non-hydrogen) atoms. The zero-order chi connectivity index (χ0) is 13.1. The standard InChI is InChI=1S/C12H7BrClIN2O/c13-11-4-2-8(6-16-11)17-12(18)7-1-3-10(15)9(14)5-7/h1-6H,(H,17,18). The second-order valence-electron chi connectivity index (χ2n) is 3.45. The van der Waals surface area contributed by atoms with Gasteiger partial charge in [0.1, 0.15) is 4.60 Å². The summed E-state index contributed by atoms with van der Waals surface area (Å²) in [5.41, 5.74) is 1.15. The molecule has 0 aliphatic heterocycles. The number of benzene rings is 1. The summed E-state index contributed by atoms with van der Waals surface area (Å²) >= 11 is 11.3. The van der Waals surface area contributed by atoms with E-state index in [9.17, 15) is 4.79 Å². The van der Waals surface area contributed by atoms with Crippen LogP contribution in [-0.2, 0) is 0 Å². The summed E-state index contributed by atoms with van der Waals surface area (Å²) in [6.45, 7) is 0. The van der Waals surface area contributed by atoms with Crippen molar-refractivity contribution in [2.45, 2.75) is 0 Å². The monoisotopic (exact) mass is 436 g/mol. The van der Waals surface area contributed by atoms with E-state index >= 15 is 0 Å². The van der Waals surface area contributed by atoms with Gasteiger partial charge in [-0.3, -0.25) is 4.79 Å². The molecule has 1 aromatic carbocycles. The maximum Gasteiger partial charge on any atom is 0.255 e. The Morgan fingerprint density at radius 3 is 2.72 bits per heavy atom. The van der Waals surface area contributed by atoms with Crippen LogP contribution in [0.3, 0.4) is 0 Å². The highest BCUT2D eigenvalue weighted by Crippen LogP contribution is 2.20. The van der Waals surface area contributed by atoms with Crippen molar-refractivity contribution in [2.75, 3.05) is 5.32 Å². The van der Waals surface area contributed by atoms with Crippen LogP contribution in [-0.4, -0.2) is 10.9 Å². The van der Waals surface area contributed by atoms with Gasteiger partial charge in [-0.15, -0.1) is 0 Å². The fourth-order valence-corrected chi connectivity index (χ4v) is 2.04. The summed E-state index contributed by atoms with van der Waals surface area (Å²) in [5.74, 6) is -0.211. The lowest BCUT2D eigenvalue weighted by atomic mass is 10.2. The molecule has 0 saturated carbocycles. The number of pyridine rings is 1. The van der Waals surface area contributed by atoms with Crippen molar-refractivity contribution in [2.24, 2.45) is 0 Å². The predicted octanol–water partition coefficient (Wildman–Crippen LogP) is 4.35. The molecule has 1 heterocycles. The Morgan fingerprint density at radius 1 is 1.33 bits per heavy atom. The Morgan fingerprint density at radius 2 is 2.11 bits per heavy atom. The number of rotatable bonds is 2. The number of hydrogen-bond acceptors (Lipinski definition) is 2. The van der Waals surface area contributed by atoms with E-state index in [1.165, 1.54) is 0 Å². The maximum absolute atomic E-state index is 12.0. The smallest absolute Gasteiger partial charge is 0.255 e. The summed E-state index contributed by atoms with van der Waals surface area (Å²) in [4.78, 5) is 16.0. The van der Waals surface area contributed by atoms with Crippen molar-refractivity contribution < 1.29 is 4.79 Å². The number of aromatic nitrogens is 1. The molecule has 0 spiro atoms. The predicted molar refractivity (Wildman–Crippen MR) is 84.1 cm³/mol. The molecular formula is C12H7BrClIN2O. The van der Waals surface area contributed by atoms with Gasteiger partial charge in [-0.25, -0.2) is 4.98 Å². The van der Waals surface area contributed by atoms with Crippen LogP contribution in [0, 0.1) is 3.57 Å². The van der Waals surface area contributed by atoms with E-state index in [0.717, 1.165) is 8.17 Å². The van der Waals surface area contributed by atoms with Gasteiger partial charge >= 0.3 is 0 Å². The molecule has 92 valence electrons. The first-order chi connectivity index (χ1) is 8.56. The molecule has 0 aliphatic carbocycles. The van der Waals surface area contributed by atoms with Gasteiger partial charge in [-0.2, -0.15) is 0 Å². The molecule has 0 fully saturated rings. The van der Waals surface area contributed by atoms with Crippen LogP contribution >= 0.6 is 50.1 Å². The summed E-state index contributed by atoms with van der Waals surface area (Å²) in [6.07, 6.45) is 1.58. The van der Waals surface area contributed by atoms with Crippen LogP contribution in [0.5, 0.6) is 0 Å². The normalized spacial score (nSPS) is 10.2. The van der Waals surface area contributed by atoms with E-state index in [-0.39, 0.29) is 5.91 Å². The minimum absolute atomic E-state index is 0.211. The lowest BCUT2D eigenvalue weighted by Gasteiger charge is -2.05. The molecular weight excluding hydrogens is 430 g/mol. The quantitative estimate of drug-likeness (QED) is 0.561. The fraction of sp³-hybridized carbons (Fsp3) is 0. The largest absolute Gasteiger partial charge is 0.321 e. The third kappa shape index (κ3) is 3.43. The lowest BCUT2D eigenvalue weighted by molar-refractivity contribution is 0.102. The molecule has 2 rings (SSSR count). The Labute approximate surface area is 131 Å². The van der Waals surface area contributed by atoms with Gasteiger partial charge in [0.2, 0.25) is 0 Å². The minimum atomic E-state index is -0.211. The van der Waals surface area contributed by atoms with Crippen molar-refractivity contribution in [1.82, 2.24) is 4.98 Å². The molecule has 3 nitrogen and oxygen atoms in total. The third-order valence-electron chi connectivity index (χ3n) is 2.17. The van der Waals surface area contributed by atoms with Gasteiger partial charge in [0, 0.05) is 9.13 Å². The minimum Gasteiger partial charge on any atom is -0.321 e. The van der Waals surface area contributed by atoms with E-state index in [2.05, 4.69) is 48.8 Å². The third-order valence-corrected chi connectivity index (χ3v) is 4.21. The van der Waals surface area contributed by atoms with Gasteiger partial charge in [0.25, 0.3) is 5.91 Å². The Balaban J connectivity index is 2.16. The van der Waals surface area contributed by atoms with Crippen molar-refractivity contribution >= 4 is 61.7 Å². The highest BCUT2D eigenvalue weighted by molar-refractivity contribution is 14.1. The molecule has 2 aromatic rings. The first-order valence-electron chi connectivity index (χ1n) is 4.94. The van der Waals surface area contributed by atoms with Gasteiger partial charge in [-0.1, -0.05) is 11.6 Å². The molecule has 0 atom stereocenters. The summed E-state index contributed by atoms with van der Waals surface area (Å²) in [6, 6.07) is 8.71. The van der Waals surface area contributed by atoms with Gasteiger partial charge in [-0.05, 0) is 68.9 Å². The molecule has 1 amide bonds. The molecule has 1 N–H and O–H groups in total. The zero-order valence-corrected chi connectivity index (χ0v) is 13.5. The van der Waals surface area contributed by atoms with Crippen LogP contribution in [0.15, 0.2) is 41.1 Å². The lowest BCUT2D eigenvalue weighted by Crippen LogP contribution is -2.12. The van der Waals surface area contributed by atoms with Crippen molar-refractivity contribution in [3.8, 4) is 0 Å². The summed E-state index contributed by atoms with van der Waals surface area (Å²) in [5, 5.41) is 3.32. The van der Waals surface area contributed by atoms with E-state index in [0.29, 0.717) is 16.3 Å². The maximum atomic E-state index is 12.0. The molecule has 0 radical (unpaired) electrons. The average molecular weight is 437 g/mol. The number of amides is 1. The fourth-order valence-electron chi connectivity index (χ4n) is 1.29. The molecule has 0 saturated heterocycles. The van der Waals surface area contributed by atoms with Crippen LogP contribution in [0.4, 0.5) is 5.69 Å². The first kappa shape index (κ1) is 13.8. The molecule has 0 unspecified atom stereocenters. The van der Waals surface area contributed by atoms with Crippen LogP contribution < -0.4 is 5.32 Å². The zero-order valence-electron chi connectivity index (χ0n) is 8.95. The topological polar surface area (TPSA) is 42.0 Å². The van der Waals surface area contributed by atoms with Gasteiger partial charge in [0.15, 0.2) is 0 Å². The number of carbonyl (C=O) groups is 1. The highest BCUT2D eigenvalue weighted by atomic mass is 127. The summed E-state index contributed by atoms with van der Waals surface area (Å²) in [7, 11) is 0. The van der Waals surface area contributed by atoms with Crippen molar-refractivity contribution in [3.63, 3.8) is 0 Å². The van der Waals surface area contributed by atoms with E-state index in [1.54, 1.807) is 36.5 Å². The number of anilines is 1. The first-order valence-corrected chi connectivity index (χ1v) is 7.19. The van der Waals surface area contributed by atoms with Gasteiger partial charge < -0.3 is 5.32 Å². The Kier molecular flexibility index (Phi) is 4.58. The van der Waals surface area contributed by atoms with Crippen LogP contribution in [0.2, 0.25) is 5.02 Å². The second-order valence-corrected chi connectivity index (χ2v) is 5.83. The number of halogens is 3. The SMILES string of the molecule is O=C(Nc1ccc(Br)nc1)c1ccc(I)c(Cl)c1. The van der Waals surface area contributed by atoms with E-state index < -0.39 is 0 Å². The number of hydrogen-bond donors (Lipinski definition) is 1. The Bertz CT molecular complexity index is 589. The van der Waals surface area contributed by atoms with Crippen molar-refractivity contribution in [3.05, 3.63) is 55.3 Å². The van der Waals surface area contributed by atoms with E-state index in [4.69, 9.17) is 11.6 Å². The van der Waals surface area contributed by atoms with Crippen LogP contribution in [0.25, 0.3) is 0 Å². The second kappa shape index (κ2) is 5.99. The molecule has 6 heteroatoms. The Hall–Kier alpha value is -0.660. The van der Waals surface area contributed by atoms with Crippen molar-refractivity contribution in [1.29, 1.82) is 0 Å². The molecule has 0 bridgehead atoms. The average Bonchev–Trinajstić information content (AvgIpc) is 2.35. The summed E-state index contributed by atoms with van der Waals surface area (Å²) < 4.78 is 1.63. The number of carbonyl (C=O) groups excluding carboxylic acids is 1. The van der Waals surface area contributed by atoms with E-state index in [1.807, 2.05) is 0 Å². The number of nitrogens with one attached hydrogen (secondary N) is 1. The van der Waals surface area contributed by atoms with Crippen LogP contribution in [0.1, 0.15) is 10.4 Å².